The van der Waals surface area contributed by atoms with Crippen LogP contribution in [0.5, 0.6) is 0 Å². The average molecular weight is 376 g/mol. The molecule has 1 saturated heterocycles. The number of benzene rings is 1. The Morgan fingerprint density at radius 2 is 1.88 bits per heavy atom. The zero-order valence-corrected chi connectivity index (χ0v) is 15.9. The smallest absolute Gasteiger partial charge is 0.262 e. The SMILES string of the molecule is Cn1cnc(S(=O)(=O)N2CCC(C)(C(=O)NCc3ccccc3)CC2)c1. The summed E-state index contributed by atoms with van der Waals surface area (Å²) in [7, 11) is -1.87. The Labute approximate surface area is 154 Å². The van der Waals surface area contributed by atoms with Crippen molar-refractivity contribution in [3.8, 4) is 0 Å². The van der Waals surface area contributed by atoms with E-state index in [4.69, 9.17) is 0 Å². The number of aromatic nitrogens is 2. The molecule has 1 N–H and O–H groups in total. The first-order chi connectivity index (χ1) is 12.3. The number of hydrogen-bond acceptors (Lipinski definition) is 4. The largest absolute Gasteiger partial charge is 0.352 e. The highest BCUT2D eigenvalue weighted by atomic mass is 32.2. The van der Waals surface area contributed by atoms with Gasteiger partial charge in [0.1, 0.15) is 0 Å². The first kappa shape index (κ1) is 18.6. The van der Waals surface area contributed by atoms with E-state index in [-0.39, 0.29) is 10.9 Å². The number of amides is 1. The molecule has 0 unspecified atom stereocenters. The van der Waals surface area contributed by atoms with Crippen LogP contribution in [0.25, 0.3) is 0 Å². The van der Waals surface area contributed by atoms with E-state index in [1.54, 1.807) is 11.6 Å². The molecule has 0 spiro atoms. The van der Waals surface area contributed by atoms with Gasteiger partial charge in [0.15, 0.2) is 5.03 Å². The Bertz CT molecular complexity index is 869. The van der Waals surface area contributed by atoms with Gasteiger partial charge in [0, 0.05) is 38.3 Å². The van der Waals surface area contributed by atoms with Gasteiger partial charge in [-0.2, -0.15) is 4.31 Å². The van der Waals surface area contributed by atoms with Crippen molar-refractivity contribution < 1.29 is 13.2 Å². The van der Waals surface area contributed by atoms with Crippen molar-refractivity contribution in [3.05, 3.63) is 48.4 Å². The lowest BCUT2D eigenvalue weighted by molar-refractivity contribution is -0.132. The van der Waals surface area contributed by atoms with Gasteiger partial charge in [0.25, 0.3) is 10.0 Å². The summed E-state index contributed by atoms with van der Waals surface area (Å²) in [6.45, 7) is 3.01. The molecule has 1 amide bonds. The molecule has 0 bridgehead atoms. The molecule has 1 aromatic heterocycles. The van der Waals surface area contributed by atoms with Crippen LogP contribution in [-0.2, 0) is 28.4 Å². The summed E-state index contributed by atoms with van der Waals surface area (Å²) in [6.07, 6.45) is 3.94. The van der Waals surface area contributed by atoms with Crippen molar-refractivity contribution in [1.29, 1.82) is 0 Å². The maximum Gasteiger partial charge on any atom is 0.262 e. The summed E-state index contributed by atoms with van der Waals surface area (Å²) in [5, 5.41) is 3.03. The summed E-state index contributed by atoms with van der Waals surface area (Å²) in [5.74, 6) is -0.0313. The molecule has 1 aliphatic rings. The van der Waals surface area contributed by atoms with Crippen molar-refractivity contribution in [2.45, 2.75) is 31.3 Å². The van der Waals surface area contributed by atoms with Crippen LogP contribution in [0.2, 0.25) is 0 Å². The van der Waals surface area contributed by atoms with Gasteiger partial charge in [-0.3, -0.25) is 4.79 Å². The van der Waals surface area contributed by atoms with Gasteiger partial charge in [-0.25, -0.2) is 13.4 Å². The molecule has 26 heavy (non-hydrogen) atoms. The van der Waals surface area contributed by atoms with Crippen molar-refractivity contribution in [3.63, 3.8) is 0 Å². The molecule has 3 rings (SSSR count). The van der Waals surface area contributed by atoms with E-state index in [1.165, 1.54) is 16.8 Å². The third-order valence-corrected chi connectivity index (χ3v) is 6.74. The molecule has 1 aliphatic heterocycles. The summed E-state index contributed by atoms with van der Waals surface area (Å²) >= 11 is 0. The first-order valence-corrected chi connectivity index (χ1v) is 10.1. The fourth-order valence-corrected chi connectivity index (χ4v) is 4.50. The quantitative estimate of drug-likeness (QED) is 0.858. The number of hydrogen-bond donors (Lipinski definition) is 1. The summed E-state index contributed by atoms with van der Waals surface area (Å²) in [4.78, 5) is 16.6. The number of imidazole rings is 1. The van der Waals surface area contributed by atoms with Crippen molar-refractivity contribution in [1.82, 2.24) is 19.2 Å². The molecule has 0 atom stereocenters. The van der Waals surface area contributed by atoms with Gasteiger partial charge >= 0.3 is 0 Å². The minimum atomic E-state index is -3.60. The Balaban J connectivity index is 1.60. The monoisotopic (exact) mass is 376 g/mol. The molecule has 8 heteroatoms. The standard InChI is InChI=1S/C18H24N4O3S/c1-18(17(23)19-12-15-6-4-3-5-7-15)8-10-22(11-9-18)26(24,25)16-13-21(2)14-20-16/h3-7,13-14H,8-12H2,1-2H3,(H,19,23). The topological polar surface area (TPSA) is 84.3 Å². The average Bonchev–Trinajstić information content (AvgIpc) is 3.08. The number of carbonyl (C=O) groups excluding carboxylic acids is 1. The number of rotatable bonds is 5. The molecular formula is C18H24N4O3S. The van der Waals surface area contributed by atoms with Crippen molar-refractivity contribution >= 4 is 15.9 Å². The van der Waals surface area contributed by atoms with Gasteiger partial charge in [-0.15, -0.1) is 0 Å². The molecule has 7 nitrogen and oxygen atoms in total. The van der Waals surface area contributed by atoms with Crippen LogP contribution in [-0.4, -0.2) is 41.3 Å². The number of piperidine rings is 1. The Hall–Kier alpha value is -2.19. The third kappa shape index (κ3) is 3.81. The van der Waals surface area contributed by atoms with E-state index in [1.807, 2.05) is 37.3 Å². The van der Waals surface area contributed by atoms with Crippen LogP contribution >= 0.6 is 0 Å². The van der Waals surface area contributed by atoms with Gasteiger partial charge in [0.05, 0.1) is 6.33 Å². The normalized spacial score (nSPS) is 17.8. The minimum absolute atomic E-state index is 0.0313. The predicted molar refractivity (Wildman–Crippen MR) is 97.6 cm³/mol. The van der Waals surface area contributed by atoms with Gasteiger partial charge in [-0.05, 0) is 18.4 Å². The van der Waals surface area contributed by atoms with Gasteiger partial charge in [0.2, 0.25) is 5.91 Å². The molecule has 1 aromatic carbocycles. The number of nitrogens with zero attached hydrogens (tertiary/aromatic N) is 3. The van der Waals surface area contributed by atoms with Crippen LogP contribution in [0, 0.1) is 5.41 Å². The highest BCUT2D eigenvalue weighted by Crippen LogP contribution is 2.33. The highest BCUT2D eigenvalue weighted by molar-refractivity contribution is 7.89. The molecule has 2 aromatic rings. The second-order valence-corrected chi connectivity index (χ2v) is 8.90. The lowest BCUT2D eigenvalue weighted by Crippen LogP contribution is -2.48. The minimum Gasteiger partial charge on any atom is -0.352 e. The summed E-state index contributed by atoms with van der Waals surface area (Å²) < 4.78 is 28.3. The van der Waals surface area contributed by atoms with Gasteiger partial charge in [-0.1, -0.05) is 37.3 Å². The number of sulfonamides is 1. The molecule has 0 aliphatic carbocycles. The van der Waals surface area contributed by atoms with E-state index < -0.39 is 15.4 Å². The maximum absolute atomic E-state index is 12.6. The maximum atomic E-state index is 12.6. The van der Waals surface area contributed by atoms with Crippen LogP contribution in [0.15, 0.2) is 47.9 Å². The molecular weight excluding hydrogens is 352 g/mol. The zero-order valence-electron chi connectivity index (χ0n) is 15.1. The zero-order chi connectivity index (χ0) is 18.8. The van der Waals surface area contributed by atoms with Crippen LogP contribution < -0.4 is 5.32 Å². The number of aryl methyl sites for hydroxylation is 1. The second-order valence-electron chi connectivity index (χ2n) is 7.01. The molecule has 0 radical (unpaired) electrons. The second kappa shape index (κ2) is 7.20. The molecule has 0 saturated carbocycles. The van der Waals surface area contributed by atoms with Crippen LogP contribution in [0.1, 0.15) is 25.3 Å². The Morgan fingerprint density at radius 3 is 2.46 bits per heavy atom. The van der Waals surface area contributed by atoms with E-state index in [0.29, 0.717) is 32.5 Å². The van der Waals surface area contributed by atoms with Crippen LogP contribution in [0.3, 0.4) is 0 Å². The van der Waals surface area contributed by atoms with Crippen LogP contribution in [0.4, 0.5) is 0 Å². The van der Waals surface area contributed by atoms with Crippen molar-refractivity contribution in [2.24, 2.45) is 12.5 Å². The fraction of sp³-hybridized carbons (Fsp3) is 0.444. The Kier molecular flexibility index (Phi) is 5.15. The lowest BCUT2D eigenvalue weighted by atomic mass is 9.80. The molecule has 2 heterocycles. The summed E-state index contributed by atoms with van der Waals surface area (Å²) in [5.41, 5.74) is 0.477. The lowest BCUT2D eigenvalue weighted by Gasteiger charge is -2.37. The van der Waals surface area contributed by atoms with E-state index >= 15 is 0 Å². The molecule has 140 valence electrons. The van der Waals surface area contributed by atoms with Crippen molar-refractivity contribution in [2.75, 3.05) is 13.1 Å². The van der Waals surface area contributed by atoms with E-state index in [2.05, 4.69) is 10.3 Å². The third-order valence-electron chi connectivity index (χ3n) is 4.96. The fourth-order valence-electron chi connectivity index (χ4n) is 3.09. The van der Waals surface area contributed by atoms with E-state index in [0.717, 1.165) is 5.56 Å². The first-order valence-electron chi connectivity index (χ1n) is 8.62. The number of nitrogens with one attached hydrogen (secondary N) is 1. The highest BCUT2D eigenvalue weighted by Gasteiger charge is 2.40. The predicted octanol–water partition coefficient (Wildman–Crippen LogP) is 1.53. The summed E-state index contributed by atoms with van der Waals surface area (Å²) in [6, 6.07) is 9.73. The number of carbonyl (C=O) groups is 1. The molecule has 1 fully saturated rings. The van der Waals surface area contributed by atoms with E-state index in [9.17, 15) is 13.2 Å². The Morgan fingerprint density at radius 1 is 1.23 bits per heavy atom. The van der Waals surface area contributed by atoms with Gasteiger partial charge < -0.3 is 9.88 Å².